The van der Waals surface area contributed by atoms with E-state index in [4.69, 9.17) is 27.9 Å². The van der Waals surface area contributed by atoms with E-state index in [0.717, 1.165) is 0 Å². The summed E-state index contributed by atoms with van der Waals surface area (Å²) in [6.07, 6.45) is 0.174. The van der Waals surface area contributed by atoms with Gasteiger partial charge in [-0.2, -0.15) is 0 Å². The Morgan fingerprint density at radius 3 is 2.77 bits per heavy atom. The van der Waals surface area contributed by atoms with Crippen LogP contribution in [0.1, 0.15) is 6.92 Å². The lowest BCUT2D eigenvalue weighted by atomic mass is 10.3. The topological polar surface area (TPSA) is 26.3 Å². The molecule has 0 spiro atoms. The van der Waals surface area contributed by atoms with Gasteiger partial charge in [0.1, 0.15) is 10.8 Å². The number of benzene rings is 1. The van der Waals surface area contributed by atoms with Crippen LogP contribution in [0.4, 0.5) is 0 Å². The van der Waals surface area contributed by atoms with Gasteiger partial charge in [0.2, 0.25) is 0 Å². The van der Waals surface area contributed by atoms with Gasteiger partial charge in [0.15, 0.2) is 12.4 Å². The molecule has 0 bridgehead atoms. The second-order valence-electron chi connectivity index (χ2n) is 2.51. The van der Waals surface area contributed by atoms with E-state index in [9.17, 15) is 4.79 Å². The van der Waals surface area contributed by atoms with Gasteiger partial charge in [-0.1, -0.05) is 29.3 Å². The molecule has 1 rings (SSSR count). The molecule has 0 N–H and O–H groups in total. The SMILES string of the molecule is CC(C=O)Oc1cccc(Cl)c1Cl. The van der Waals surface area contributed by atoms with Crippen molar-refractivity contribution in [1.29, 1.82) is 0 Å². The Morgan fingerprint density at radius 1 is 1.46 bits per heavy atom. The predicted octanol–water partition coefficient (Wildman–Crippen LogP) is 2.96. The highest BCUT2D eigenvalue weighted by molar-refractivity contribution is 6.42. The minimum absolute atomic E-state index is 0.331. The quantitative estimate of drug-likeness (QED) is 0.730. The lowest BCUT2D eigenvalue weighted by Gasteiger charge is -2.10. The van der Waals surface area contributed by atoms with Crippen LogP contribution in [0.15, 0.2) is 18.2 Å². The summed E-state index contributed by atoms with van der Waals surface area (Å²) in [6, 6.07) is 5.03. The summed E-state index contributed by atoms with van der Waals surface area (Å²) in [5.41, 5.74) is 0. The predicted molar refractivity (Wildman–Crippen MR) is 52.6 cm³/mol. The number of carbonyl (C=O) groups is 1. The molecule has 0 aliphatic heterocycles. The summed E-state index contributed by atoms with van der Waals surface area (Å²) in [5, 5.41) is 0.745. The van der Waals surface area contributed by atoms with Gasteiger partial charge in [0.25, 0.3) is 0 Å². The van der Waals surface area contributed by atoms with Crippen molar-refractivity contribution in [2.45, 2.75) is 13.0 Å². The number of halogens is 2. The van der Waals surface area contributed by atoms with Gasteiger partial charge in [-0.05, 0) is 19.1 Å². The first kappa shape index (κ1) is 10.4. The van der Waals surface area contributed by atoms with Crippen LogP contribution in [-0.2, 0) is 4.79 Å². The molecular weight excluding hydrogens is 211 g/mol. The third-order valence-corrected chi connectivity index (χ3v) is 2.22. The molecule has 0 saturated heterocycles. The van der Waals surface area contributed by atoms with Gasteiger partial charge >= 0.3 is 0 Å². The number of hydrogen-bond donors (Lipinski definition) is 0. The van der Waals surface area contributed by atoms with Gasteiger partial charge in [-0.25, -0.2) is 0 Å². The standard InChI is InChI=1S/C9H8Cl2O2/c1-6(5-12)13-8-4-2-3-7(10)9(8)11/h2-6H,1H3. The molecule has 0 saturated carbocycles. The van der Waals surface area contributed by atoms with E-state index in [1.54, 1.807) is 25.1 Å². The van der Waals surface area contributed by atoms with E-state index in [2.05, 4.69) is 0 Å². The fraction of sp³-hybridized carbons (Fsp3) is 0.222. The Labute approximate surface area is 86.4 Å². The Morgan fingerprint density at radius 2 is 2.15 bits per heavy atom. The molecule has 0 amide bonds. The van der Waals surface area contributed by atoms with E-state index < -0.39 is 6.10 Å². The molecular formula is C9H8Cl2O2. The van der Waals surface area contributed by atoms with Crippen molar-refractivity contribution in [1.82, 2.24) is 0 Å². The average Bonchev–Trinajstić information content (AvgIpc) is 2.13. The Kier molecular flexibility index (Phi) is 3.58. The van der Waals surface area contributed by atoms with Crippen LogP contribution in [0, 0.1) is 0 Å². The molecule has 0 heterocycles. The molecule has 1 aromatic rings. The largest absolute Gasteiger partial charge is 0.482 e. The van der Waals surface area contributed by atoms with Crippen LogP contribution >= 0.6 is 23.2 Å². The summed E-state index contributed by atoms with van der Waals surface area (Å²) >= 11 is 11.6. The molecule has 0 radical (unpaired) electrons. The molecule has 0 fully saturated rings. The molecule has 0 aromatic heterocycles. The van der Waals surface area contributed by atoms with Crippen LogP contribution in [0.3, 0.4) is 0 Å². The van der Waals surface area contributed by atoms with E-state index in [1.165, 1.54) is 0 Å². The monoisotopic (exact) mass is 218 g/mol. The van der Waals surface area contributed by atoms with E-state index in [-0.39, 0.29) is 0 Å². The van der Waals surface area contributed by atoms with Crippen molar-refractivity contribution in [3.05, 3.63) is 28.2 Å². The molecule has 1 atom stereocenters. The van der Waals surface area contributed by atoms with Crippen molar-refractivity contribution >= 4 is 29.5 Å². The maximum Gasteiger partial charge on any atom is 0.160 e. The normalized spacial score (nSPS) is 12.2. The van der Waals surface area contributed by atoms with Gasteiger partial charge in [0, 0.05) is 0 Å². The summed E-state index contributed by atoms with van der Waals surface area (Å²) in [6.45, 7) is 1.63. The second kappa shape index (κ2) is 4.49. The zero-order valence-electron chi connectivity index (χ0n) is 6.96. The highest BCUT2D eigenvalue weighted by Crippen LogP contribution is 2.31. The van der Waals surface area contributed by atoms with Gasteiger partial charge in [-0.3, -0.25) is 4.79 Å². The van der Waals surface area contributed by atoms with Crippen LogP contribution in [0.2, 0.25) is 10.0 Å². The lowest BCUT2D eigenvalue weighted by molar-refractivity contribution is -0.113. The summed E-state index contributed by atoms with van der Waals surface area (Å²) in [7, 11) is 0. The maximum absolute atomic E-state index is 10.3. The van der Waals surface area contributed by atoms with Crippen molar-refractivity contribution in [2.75, 3.05) is 0 Å². The minimum atomic E-state index is -0.518. The first-order valence-corrected chi connectivity index (χ1v) is 4.46. The number of carbonyl (C=O) groups excluding carboxylic acids is 1. The van der Waals surface area contributed by atoms with Crippen LogP contribution < -0.4 is 4.74 Å². The van der Waals surface area contributed by atoms with Gasteiger partial charge < -0.3 is 4.74 Å². The Balaban J connectivity index is 2.88. The molecule has 0 aliphatic rings. The average molecular weight is 219 g/mol. The van der Waals surface area contributed by atoms with Crippen LogP contribution in [0.5, 0.6) is 5.75 Å². The van der Waals surface area contributed by atoms with Gasteiger partial charge in [0.05, 0.1) is 5.02 Å². The molecule has 4 heteroatoms. The van der Waals surface area contributed by atoms with Gasteiger partial charge in [-0.15, -0.1) is 0 Å². The number of rotatable bonds is 3. The summed E-state index contributed by atoms with van der Waals surface area (Å²) in [4.78, 5) is 10.3. The maximum atomic E-state index is 10.3. The van der Waals surface area contributed by atoms with Crippen molar-refractivity contribution in [2.24, 2.45) is 0 Å². The third-order valence-electron chi connectivity index (χ3n) is 1.42. The number of aldehydes is 1. The first-order chi connectivity index (χ1) is 6.15. The summed E-state index contributed by atoms with van der Waals surface area (Å²) in [5.74, 6) is 0.425. The Hall–Kier alpha value is -0.730. The van der Waals surface area contributed by atoms with Crippen molar-refractivity contribution in [3.8, 4) is 5.75 Å². The van der Waals surface area contributed by atoms with Crippen LogP contribution in [-0.4, -0.2) is 12.4 Å². The number of hydrogen-bond acceptors (Lipinski definition) is 2. The molecule has 1 unspecified atom stereocenters. The zero-order valence-corrected chi connectivity index (χ0v) is 8.47. The van der Waals surface area contributed by atoms with E-state index >= 15 is 0 Å². The fourth-order valence-electron chi connectivity index (χ4n) is 0.803. The molecule has 70 valence electrons. The van der Waals surface area contributed by atoms with Crippen LogP contribution in [0.25, 0.3) is 0 Å². The smallest absolute Gasteiger partial charge is 0.160 e. The highest BCUT2D eigenvalue weighted by atomic mass is 35.5. The first-order valence-electron chi connectivity index (χ1n) is 3.71. The minimum Gasteiger partial charge on any atom is -0.482 e. The molecule has 0 aliphatic carbocycles. The molecule has 1 aromatic carbocycles. The zero-order chi connectivity index (χ0) is 9.84. The van der Waals surface area contributed by atoms with Crippen molar-refractivity contribution < 1.29 is 9.53 Å². The van der Waals surface area contributed by atoms with Crippen molar-refractivity contribution in [3.63, 3.8) is 0 Å². The summed E-state index contributed by atoms with van der Waals surface area (Å²) < 4.78 is 5.19. The second-order valence-corrected chi connectivity index (χ2v) is 3.30. The molecule has 2 nitrogen and oxygen atoms in total. The van der Waals surface area contributed by atoms with E-state index in [1.807, 2.05) is 0 Å². The molecule has 13 heavy (non-hydrogen) atoms. The fourth-order valence-corrected chi connectivity index (χ4v) is 1.14. The number of ether oxygens (including phenoxy) is 1. The van der Waals surface area contributed by atoms with E-state index in [0.29, 0.717) is 22.1 Å². The highest BCUT2D eigenvalue weighted by Gasteiger charge is 2.08. The Bertz CT molecular complexity index is 312. The lowest BCUT2D eigenvalue weighted by Crippen LogP contribution is -2.12. The third kappa shape index (κ3) is 2.61.